The Morgan fingerprint density at radius 1 is 1.07 bits per heavy atom. The van der Waals surface area contributed by atoms with E-state index in [0.29, 0.717) is 0 Å². The van der Waals surface area contributed by atoms with Gasteiger partial charge in [-0.3, -0.25) is 0 Å². The van der Waals surface area contributed by atoms with Gasteiger partial charge in [-0.15, -0.1) is 13.2 Å². The zero-order chi connectivity index (χ0) is 12.3. The van der Waals surface area contributed by atoms with Crippen molar-refractivity contribution in [2.75, 3.05) is 0 Å². The Morgan fingerprint density at radius 3 is 1.87 bits per heavy atom. The molecule has 88 valence electrons. The van der Waals surface area contributed by atoms with Gasteiger partial charge in [0.1, 0.15) is 0 Å². The highest BCUT2D eigenvalue weighted by molar-refractivity contribution is 5.01. The van der Waals surface area contributed by atoms with E-state index in [4.69, 9.17) is 0 Å². The Morgan fingerprint density at radius 2 is 1.53 bits per heavy atom. The van der Waals surface area contributed by atoms with Crippen LogP contribution in [0.25, 0.3) is 0 Å². The van der Waals surface area contributed by atoms with E-state index in [0.717, 1.165) is 0 Å². The highest BCUT2D eigenvalue weighted by Crippen LogP contribution is 2.33. The van der Waals surface area contributed by atoms with Gasteiger partial charge in [0.25, 0.3) is 5.83 Å². The minimum atomic E-state index is -5.62. The van der Waals surface area contributed by atoms with E-state index >= 15 is 0 Å². The summed E-state index contributed by atoms with van der Waals surface area (Å²) in [5, 5.41) is 0. The number of rotatable bonds is 4. The summed E-state index contributed by atoms with van der Waals surface area (Å²) < 4.78 is 88.0. The molecule has 0 radical (unpaired) electrons. The molecule has 0 aromatic carbocycles. The quantitative estimate of drug-likeness (QED) is 0.554. The van der Waals surface area contributed by atoms with E-state index in [-0.39, 0.29) is 6.26 Å². The maximum absolute atomic E-state index is 12.2. The first kappa shape index (κ1) is 13.6. The molecule has 2 nitrogen and oxygen atoms in total. The number of alkyl halides is 5. The lowest BCUT2D eigenvalue weighted by atomic mass is 10.5. The largest absolute Gasteiger partial charge is 0.574 e. The van der Waals surface area contributed by atoms with E-state index in [1.165, 1.54) is 0 Å². The molecular formula is C6H3F7O2. The Kier molecular flexibility index (Phi) is 3.99. The minimum Gasteiger partial charge on any atom is -0.436 e. The van der Waals surface area contributed by atoms with Gasteiger partial charge in [-0.05, 0) is 0 Å². The van der Waals surface area contributed by atoms with Crippen molar-refractivity contribution in [1.82, 2.24) is 0 Å². The van der Waals surface area contributed by atoms with Crippen LogP contribution in [0.15, 0.2) is 24.7 Å². The van der Waals surface area contributed by atoms with Gasteiger partial charge < -0.3 is 9.47 Å². The molecule has 0 bridgehead atoms. The monoisotopic (exact) mass is 240 g/mol. The van der Waals surface area contributed by atoms with Gasteiger partial charge in [-0.25, -0.2) is 0 Å². The molecule has 0 fully saturated rings. The number of hydrogen-bond donors (Lipinski definition) is 0. The molecule has 0 aliphatic carbocycles. The lowest BCUT2D eigenvalue weighted by molar-refractivity contribution is -0.317. The highest BCUT2D eigenvalue weighted by atomic mass is 19.4. The lowest BCUT2D eigenvalue weighted by Crippen LogP contribution is -2.22. The Labute approximate surface area is 78.6 Å². The van der Waals surface area contributed by atoms with E-state index in [9.17, 15) is 30.7 Å². The number of ether oxygens (including phenoxy) is 2. The van der Waals surface area contributed by atoms with E-state index in [1.807, 2.05) is 0 Å². The number of hydrogen-bond acceptors (Lipinski definition) is 2. The first-order valence-electron chi connectivity index (χ1n) is 3.08. The van der Waals surface area contributed by atoms with Crippen molar-refractivity contribution in [2.24, 2.45) is 0 Å². The van der Waals surface area contributed by atoms with Crippen LogP contribution in [0.5, 0.6) is 0 Å². The summed E-state index contributed by atoms with van der Waals surface area (Å²) in [7, 11) is 0. The first-order valence-corrected chi connectivity index (χ1v) is 3.08. The molecule has 0 saturated carbocycles. The molecule has 0 aliphatic rings. The summed E-state index contributed by atoms with van der Waals surface area (Å²) in [5.41, 5.74) is 0. The van der Waals surface area contributed by atoms with Gasteiger partial charge in [0.05, 0.1) is 6.26 Å². The van der Waals surface area contributed by atoms with Crippen LogP contribution in [0.3, 0.4) is 0 Å². The summed E-state index contributed by atoms with van der Waals surface area (Å²) in [5.74, 6) is -3.14. The molecule has 0 unspecified atom stereocenters. The van der Waals surface area contributed by atoms with Crippen LogP contribution in [0.2, 0.25) is 0 Å². The number of halogens is 7. The third-order valence-corrected chi connectivity index (χ3v) is 0.865. The molecule has 9 heteroatoms. The second-order valence-electron chi connectivity index (χ2n) is 1.94. The van der Waals surface area contributed by atoms with Gasteiger partial charge in [0.15, 0.2) is 0 Å². The molecule has 0 N–H and O–H groups in total. The van der Waals surface area contributed by atoms with Crippen LogP contribution < -0.4 is 0 Å². The average molecular weight is 240 g/mol. The van der Waals surface area contributed by atoms with E-state index in [2.05, 4.69) is 16.1 Å². The van der Waals surface area contributed by atoms with Gasteiger partial charge >= 0.3 is 18.5 Å². The average Bonchev–Trinajstić information content (AvgIpc) is 1.99. The Hall–Kier alpha value is -1.41. The molecule has 0 heterocycles. The van der Waals surface area contributed by atoms with Gasteiger partial charge in [-0.1, -0.05) is 6.58 Å². The third kappa shape index (κ3) is 4.56. The SMILES string of the molecule is C=COC(F)(F)C(F)=C(F)OC(F)(F)F. The van der Waals surface area contributed by atoms with Gasteiger partial charge in [0, 0.05) is 0 Å². The standard InChI is InChI=1S/C6H3F7O2/c1-2-14-5(9,10)3(7)4(8)15-6(11,12)13/h2H,1H2. The normalized spacial score (nSPS) is 14.3. The minimum absolute atomic E-state index is 0.0282. The predicted molar refractivity (Wildman–Crippen MR) is 32.6 cm³/mol. The maximum atomic E-state index is 12.2. The Bertz CT molecular complexity index is 267. The molecule has 0 rings (SSSR count). The smallest absolute Gasteiger partial charge is 0.436 e. The molecule has 0 amide bonds. The van der Waals surface area contributed by atoms with Crippen molar-refractivity contribution in [3.05, 3.63) is 24.7 Å². The summed E-state index contributed by atoms with van der Waals surface area (Å²) in [6.45, 7) is 2.59. The molecule has 0 saturated heterocycles. The van der Waals surface area contributed by atoms with Crippen molar-refractivity contribution in [3.8, 4) is 0 Å². The molecule has 0 spiro atoms. The van der Waals surface area contributed by atoms with Crippen LogP contribution in [-0.4, -0.2) is 12.5 Å². The zero-order valence-electron chi connectivity index (χ0n) is 6.75. The lowest BCUT2D eigenvalue weighted by Gasteiger charge is -2.13. The topological polar surface area (TPSA) is 18.5 Å². The molecule has 0 aromatic rings. The third-order valence-electron chi connectivity index (χ3n) is 0.865. The van der Waals surface area contributed by atoms with Crippen molar-refractivity contribution in [2.45, 2.75) is 12.5 Å². The van der Waals surface area contributed by atoms with Crippen LogP contribution in [-0.2, 0) is 9.47 Å². The first-order chi connectivity index (χ1) is 6.60. The van der Waals surface area contributed by atoms with Gasteiger partial charge in [-0.2, -0.15) is 17.6 Å². The van der Waals surface area contributed by atoms with E-state index in [1.54, 1.807) is 0 Å². The van der Waals surface area contributed by atoms with Crippen LogP contribution in [0.1, 0.15) is 0 Å². The van der Waals surface area contributed by atoms with Crippen LogP contribution in [0, 0.1) is 0 Å². The van der Waals surface area contributed by atoms with Crippen LogP contribution >= 0.6 is 0 Å². The summed E-state index contributed by atoms with van der Waals surface area (Å²) in [4.78, 5) is 0. The fraction of sp³-hybridized carbons (Fsp3) is 0.333. The molecule has 15 heavy (non-hydrogen) atoms. The fourth-order valence-electron chi connectivity index (χ4n) is 0.417. The van der Waals surface area contributed by atoms with Crippen molar-refractivity contribution in [1.29, 1.82) is 0 Å². The summed E-state index contributed by atoms with van der Waals surface area (Å²) in [6, 6.07) is -3.13. The van der Waals surface area contributed by atoms with Gasteiger partial charge in [0.2, 0.25) is 0 Å². The molecule has 0 atom stereocenters. The molecule has 0 aliphatic heterocycles. The second kappa shape index (κ2) is 4.41. The highest BCUT2D eigenvalue weighted by Gasteiger charge is 2.44. The van der Waals surface area contributed by atoms with E-state index < -0.39 is 24.3 Å². The van der Waals surface area contributed by atoms with Crippen molar-refractivity contribution in [3.63, 3.8) is 0 Å². The summed E-state index contributed by atoms with van der Waals surface area (Å²) >= 11 is 0. The van der Waals surface area contributed by atoms with Crippen molar-refractivity contribution >= 4 is 0 Å². The predicted octanol–water partition coefficient (Wildman–Crippen LogP) is 3.38. The van der Waals surface area contributed by atoms with Crippen molar-refractivity contribution < 1.29 is 40.2 Å². The molecule has 0 aromatic heterocycles. The summed E-state index contributed by atoms with van der Waals surface area (Å²) in [6.07, 6.45) is -10.5. The van der Waals surface area contributed by atoms with Crippen LogP contribution in [0.4, 0.5) is 30.7 Å². The zero-order valence-corrected chi connectivity index (χ0v) is 6.75. The maximum Gasteiger partial charge on any atom is 0.574 e. The fourth-order valence-corrected chi connectivity index (χ4v) is 0.417. The Balaban J connectivity index is 4.85. The molecular weight excluding hydrogens is 237 g/mol. The second-order valence-corrected chi connectivity index (χ2v) is 1.94.